The lowest BCUT2D eigenvalue weighted by molar-refractivity contribution is -0.123. The van der Waals surface area contributed by atoms with E-state index in [2.05, 4.69) is 0 Å². The number of hydrogen-bond acceptors (Lipinski definition) is 6. The Hall–Kier alpha value is -2.58. The molecule has 0 N–H and O–H groups in total. The zero-order chi connectivity index (χ0) is 21.3. The number of hydrogen-bond donors (Lipinski definition) is 0. The van der Waals surface area contributed by atoms with E-state index in [0.29, 0.717) is 18.8 Å². The maximum atomic E-state index is 13.1. The van der Waals surface area contributed by atoms with E-state index in [4.69, 9.17) is 9.47 Å². The van der Waals surface area contributed by atoms with Crippen molar-refractivity contribution in [2.24, 2.45) is 0 Å². The Kier molecular flexibility index (Phi) is 5.71. The number of piperazine rings is 1. The zero-order valence-electron chi connectivity index (χ0n) is 17.2. The van der Waals surface area contributed by atoms with Gasteiger partial charge in [-0.15, -0.1) is 0 Å². The third-order valence-electron chi connectivity index (χ3n) is 5.67. The van der Waals surface area contributed by atoms with Crippen LogP contribution in [0.1, 0.15) is 12.5 Å². The number of carbonyl (C=O) groups is 1. The molecule has 2 aromatic carbocycles. The smallest absolute Gasteiger partial charge is 0.241 e. The standard InChI is InChI=1S/C22H26N2O5S/c1-3-29-19-10-6-17(7-11-19)24-21-15-30(26,27)14-20(21)23(13-22(24)25)12-16-4-8-18(28-2)9-5-16/h4-11,20-21H,3,12-15H2,1-2H3. The Morgan fingerprint density at radius 2 is 1.60 bits per heavy atom. The van der Waals surface area contributed by atoms with Crippen LogP contribution in [0.4, 0.5) is 5.69 Å². The molecule has 2 saturated heterocycles. The summed E-state index contributed by atoms with van der Waals surface area (Å²) in [6, 6.07) is 14.3. The quantitative estimate of drug-likeness (QED) is 0.699. The molecule has 2 aliphatic heterocycles. The lowest BCUT2D eigenvalue weighted by Crippen LogP contribution is -2.61. The van der Waals surface area contributed by atoms with Gasteiger partial charge in [-0.1, -0.05) is 12.1 Å². The van der Waals surface area contributed by atoms with E-state index in [-0.39, 0.29) is 30.0 Å². The molecule has 2 unspecified atom stereocenters. The number of benzene rings is 2. The van der Waals surface area contributed by atoms with Crippen LogP contribution in [0.25, 0.3) is 0 Å². The lowest BCUT2D eigenvalue weighted by atomic mass is 10.0. The van der Waals surface area contributed by atoms with Crippen molar-refractivity contribution in [2.45, 2.75) is 25.6 Å². The number of nitrogens with zero attached hydrogens (tertiary/aromatic N) is 2. The number of fused-ring (bicyclic) bond motifs is 1. The highest BCUT2D eigenvalue weighted by Gasteiger charge is 2.49. The summed E-state index contributed by atoms with van der Waals surface area (Å²) in [4.78, 5) is 16.8. The summed E-state index contributed by atoms with van der Waals surface area (Å²) in [5.74, 6) is 1.44. The fourth-order valence-corrected chi connectivity index (χ4v) is 6.28. The Morgan fingerprint density at radius 1 is 0.967 bits per heavy atom. The SMILES string of the molecule is CCOc1ccc(N2C(=O)CN(Cc3ccc(OC)cc3)C3CS(=O)(=O)CC32)cc1. The van der Waals surface area contributed by atoms with Gasteiger partial charge < -0.3 is 14.4 Å². The minimum absolute atomic E-state index is 0.0181. The van der Waals surface area contributed by atoms with Crippen LogP contribution in [0, 0.1) is 0 Å². The van der Waals surface area contributed by atoms with Gasteiger partial charge in [-0.3, -0.25) is 9.69 Å². The minimum Gasteiger partial charge on any atom is -0.497 e. The highest BCUT2D eigenvalue weighted by molar-refractivity contribution is 7.91. The molecule has 0 aromatic heterocycles. The fraction of sp³-hybridized carbons (Fsp3) is 0.409. The molecule has 7 nitrogen and oxygen atoms in total. The molecule has 0 spiro atoms. The van der Waals surface area contributed by atoms with Crippen molar-refractivity contribution in [3.8, 4) is 11.5 Å². The van der Waals surface area contributed by atoms with Gasteiger partial charge in [-0.05, 0) is 48.9 Å². The van der Waals surface area contributed by atoms with Crippen LogP contribution in [0.2, 0.25) is 0 Å². The van der Waals surface area contributed by atoms with E-state index in [9.17, 15) is 13.2 Å². The van der Waals surface area contributed by atoms with E-state index in [1.54, 1.807) is 12.0 Å². The molecule has 2 aromatic rings. The number of carbonyl (C=O) groups excluding carboxylic acids is 1. The average Bonchev–Trinajstić information content (AvgIpc) is 3.05. The van der Waals surface area contributed by atoms with Gasteiger partial charge in [-0.25, -0.2) is 8.42 Å². The van der Waals surface area contributed by atoms with Gasteiger partial charge in [0.2, 0.25) is 5.91 Å². The second kappa shape index (κ2) is 8.28. The second-order valence-electron chi connectivity index (χ2n) is 7.66. The van der Waals surface area contributed by atoms with Crippen LogP contribution < -0.4 is 14.4 Å². The fourth-order valence-electron chi connectivity index (χ4n) is 4.30. The van der Waals surface area contributed by atoms with Crippen molar-refractivity contribution in [1.29, 1.82) is 0 Å². The van der Waals surface area contributed by atoms with Crippen LogP contribution in [0.15, 0.2) is 48.5 Å². The van der Waals surface area contributed by atoms with Crippen LogP contribution >= 0.6 is 0 Å². The monoisotopic (exact) mass is 430 g/mol. The number of sulfone groups is 1. The van der Waals surface area contributed by atoms with Gasteiger partial charge in [0.05, 0.1) is 37.8 Å². The van der Waals surface area contributed by atoms with Crippen LogP contribution in [-0.2, 0) is 21.2 Å². The Balaban J connectivity index is 1.59. The summed E-state index contributed by atoms with van der Waals surface area (Å²) in [6.07, 6.45) is 0. The van der Waals surface area contributed by atoms with Gasteiger partial charge in [0.15, 0.2) is 9.84 Å². The van der Waals surface area contributed by atoms with Crippen LogP contribution in [-0.4, -0.2) is 63.1 Å². The summed E-state index contributed by atoms with van der Waals surface area (Å²) in [5.41, 5.74) is 1.72. The predicted molar refractivity (Wildman–Crippen MR) is 115 cm³/mol. The van der Waals surface area contributed by atoms with E-state index in [0.717, 1.165) is 17.1 Å². The third-order valence-corrected chi connectivity index (χ3v) is 7.37. The highest BCUT2D eigenvalue weighted by atomic mass is 32.2. The van der Waals surface area contributed by atoms with Crippen LogP contribution in [0.5, 0.6) is 11.5 Å². The van der Waals surface area contributed by atoms with E-state index in [1.165, 1.54) is 0 Å². The van der Waals surface area contributed by atoms with Gasteiger partial charge in [-0.2, -0.15) is 0 Å². The van der Waals surface area contributed by atoms with E-state index >= 15 is 0 Å². The molecule has 0 radical (unpaired) electrons. The van der Waals surface area contributed by atoms with E-state index in [1.807, 2.05) is 60.4 Å². The highest BCUT2D eigenvalue weighted by Crippen LogP contribution is 2.33. The Morgan fingerprint density at radius 3 is 2.23 bits per heavy atom. The van der Waals surface area contributed by atoms with Gasteiger partial charge in [0.25, 0.3) is 0 Å². The molecule has 2 fully saturated rings. The molecule has 2 aliphatic rings. The molecule has 2 atom stereocenters. The molecule has 1 amide bonds. The number of anilines is 1. The Labute approximate surface area is 177 Å². The van der Waals surface area contributed by atoms with Gasteiger partial charge in [0.1, 0.15) is 11.5 Å². The topological polar surface area (TPSA) is 76.2 Å². The summed E-state index contributed by atoms with van der Waals surface area (Å²) in [7, 11) is -1.61. The molecule has 0 bridgehead atoms. The summed E-state index contributed by atoms with van der Waals surface area (Å²) in [5, 5.41) is 0. The zero-order valence-corrected chi connectivity index (χ0v) is 18.0. The first-order valence-corrected chi connectivity index (χ1v) is 11.8. The molecular formula is C22H26N2O5S. The summed E-state index contributed by atoms with van der Waals surface area (Å²) >= 11 is 0. The normalized spacial score (nSPS) is 23.3. The summed E-state index contributed by atoms with van der Waals surface area (Å²) in [6.45, 7) is 3.16. The van der Waals surface area contributed by atoms with Gasteiger partial charge in [0, 0.05) is 18.3 Å². The lowest BCUT2D eigenvalue weighted by Gasteiger charge is -2.43. The molecular weight excluding hydrogens is 404 g/mol. The number of ether oxygens (including phenoxy) is 2. The van der Waals surface area contributed by atoms with Crippen molar-refractivity contribution in [3.63, 3.8) is 0 Å². The first-order chi connectivity index (χ1) is 14.4. The maximum Gasteiger partial charge on any atom is 0.241 e. The van der Waals surface area contributed by atoms with Crippen molar-refractivity contribution < 1.29 is 22.7 Å². The Bertz CT molecular complexity index is 1000. The average molecular weight is 431 g/mol. The minimum atomic E-state index is -3.23. The molecule has 0 saturated carbocycles. The number of methoxy groups -OCH3 is 1. The van der Waals surface area contributed by atoms with Crippen molar-refractivity contribution in [1.82, 2.24) is 4.90 Å². The van der Waals surface area contributed by atoms with Crippen LogP contribution in [0.3, 0.4) is 0 Å². The number of amides is 1. The molecule has 2 heterocycles. The molecule has 0 aliphatic carbocycles. The largest absolute Gasteiger partial charge is 0.497 e. The third kappa shape index (κ3) is 4.15. The number of rotatable bonds is 6. The first-order valence-electron chi connectivity index (χ1n) is 10.0. The predicted octanol–water partition coefficient (Wildman–Crippen LogP) is 2.11. The summed E-state index contributed by atoms with van der Waals surface area (Å²) < 4.78 is 35.7. The van der Waals surface area contributed by atoms with Gasteiger partial charge >= 0.3 is 0 Å². The van der Waals surface area contributed by atoms with Crippen molar-refractivity contribution >= 4 is 21.4 Å². The molecule has 30 heavy (non-hydrogen) atoms. The molecule has 4 rings (SSSR count). The van der Waals surface area contributed by atoms with E-state index < -0.39 is 15.9 Å². The maximum absolute atomic E-state index is 13.1. The van der Waals surface area contributed by atoms with Crippen molar-refractivity contribution in [3.05, 3.63) is 54.1 Å². The molecule has 160 valence electrons. The van der Waals surface area contributed by atoms with Crippen molar-refractivity contribution in [2.75, 3.05) is 36.7 Å². The molecule has 8 heteroatoms. The second-order valence-corrected chi connectivity index (χ2v) is 9.81. The first kappa shape index (κ1) is 20.7.